The van der Waals surface area contributed by atoms with Gasteiger partial charge in [-0.2, -0.15) is 0 Å². The second kappa shape index (κ2) is 18.0. The maximum atomic E-state index is 14.3. The molecule has 2 aliphatic rings. The van der Waals surface area contributed by atoms with E-state index >= 15 is 0 Å². The van der Waals surface area contributed by atoms with E-state index in [9.17, 15) is 19.8 Å². The largest absolute Gasteiger partial charge is 0.463 e. The zero-order valence-electron chi connectivity index (χ0n) is 31.9. The first kappa shape index (κ1) is 41.5. The van der Waals surface area contributed by atoms with Crippen LogP contribution in [0.25, 0.3) is 0 Å². The summed E-state index contributed by atoms with van der Waals surface area (Å²) >= 11 is 0. The fourth-order valence-corrected chi connectivity index (χ4v) is 7.69. The maximum Gasteiger partial charge on any atom is 0.319 e. The third-order valence-corrected chi connectivity index (χ3v) is 10.7. The molecule has 10 atom stereocenters. The first-order valence-electron chi connectivity index (χ1n) is 18.0. The molecule has 0 bridgehead atoms. The molecule has 3 rings (SSSR count). The topological polar surface area (TPSA) is 121 Å². The molecule has 0 spiro atoms. The van der Waals surface area contributed by atoms with Crippen LogP contribution in [0.5, 0.6) is 0 Å². The van der Waals surface area contributed by atoms with Gasteiger partial charge in [0.25, 0.3) is 0 Å². The quantitative estimate of drug-likeness (QED) is 0.262. The molecule has 2 N–H and O–H groups in total. The van der Waals surface area contributed by atoms with Gasteiger partial charge in [0.2, 0.25) is 0 Å². The Balaban J connectivity index is 1.92. The van der Waals surface area contributed by atoms with Gasteiger partial charge >= 0.3 is 5.97 Å². The third kappa shape index (κ3) is 10.5. The van der Waals surface area contributed by atoms with Crippen molar-refractivity contribution in [2.24, 2.45) is 17.3 Å². The Labute approximate surface area is 295 Å². The second-order valence-electron chi connectivity index (χ2n) is 15.6. The first-order valence-corrected chi connectivity index (χ1v) is 18.0. The molecule has 2 aliphatic heterocycles. The number of hydrogen-bond donors (Lipinski definition) is 2. The molecule has 280 valence electrons. The number of Topliss-reactive ketones (excluding diaryl/α,β-unsaturated/α-hetero) is 1. The minimum atomic E-state index is -1.51. The lowest BCUT2D eigenvalue weighted by Gasteiger charge is -2.47. The Morgan fingerprint density at radius 2 is 1.73 bits per heavy atom. The lowest BCUT2D eigenvalue weighted by atomic mass is 9.74. The smallest absolute Gasteiger partial charge is 0.319 e. The highest BCUT2D eigenvalue weighted by Gasteiger charge is 2.51. The van der Waals surface area contributed by atoms with Crippen molar-refractivity contribution >= 4 is 11.8 Å². The summed E-state index contributed by atoms with van der Waals surface area (Å²) in [6, 6.07) is 9.53. The van der Waals surface area contributed by atoms with Crippen LogP contribution in [-0.2, 0) is 35.1 Å². The summed E-state index contributed by atoms with van der Waals surface area (Å²) in [7, 11) is 7.46. The number of benzene rings is 1. The Morgan fingerprint density at radius 3 is 2.33 bits per heavy atom. The van der Waals surface area contributed by atoms with Crippen molar-refractivity contribution in [3.05, 3.63) is 35.9 Å². The molecule has 0 saturated carbocycles. The van der Waals surface area contributed by atoms with Crippen molar-refractivity contribution in [1.82, 2.24) is 14.7 Å². The van der Waals surface area contributed by atoms with Gasteiger partial charge in [0.1, 0.15) is 18.1 Å². The van der Waals surface area contributed by atoms with Crippen LogP contribution in [0.3, 0.4) is 0 Å². The third-order valence-electron chi connectivity index (χ3n) is 10.7. The van der Waals surface area contributed by atoms with Gasteiger partial charge in [-0.15, -0.1) is 0 Å². The van der Waals surface area contributed by atoms with E-state index in [0.717, 1.165) is 6.54 Å². The monoisotopic (exact) mass is 691 g/mol. The number of ketones is 1. The average molecular weight is 692 g/mol. The molecular weight excluding hydrogens is 626 g/mol. The normalized spacial score (nSPS) is 34.6. The fraction of sp³-hybridized carbons (Fsp3) is 0.789. The fourth-order valence-electron chi connectivity index (χ4n) is 7.69. The van der Waals surface area contributed by atoms with E-state index in [4.69, 9.17) is 18.9 Å². The van der Waals surface area contributed by atoms with Gasteiger partial charge in [0, 0.05) is 38.7 Å². The molecule has 2 saturated heterocycles. The van der Waals surface area contributed by atoms with Crippen LogP contribution in [0.1, 0.15) is 73.3 Å². The van der Waals surface area contributed by atoms with Gasteiger partial charge in [-0.25, -0.2) is 0 Å². The van der Waals surface area contributed by atoms with Crippen molar-refractivity contribution < 1.29 is 38.7 Å². The number of aliphatic hydroxyl groups excluding tert-OH is 2. The summed E-state index contributed by atoms with van der Waals surface area (Å²) in [6.07, 6.45) is -2.15. The molecule has 1 aromatic carbocycles. The summed E-state index contributed by atoms with van der Waals surface area (Å²) < 4.78 is 24.9. The van der Waals surface area contributed by atoms with Gasteiger partial charge in [-0.3, -0.25) is 14.5 Å². The Morgan fingerprint density at radius 1 is 1.08 bits per heavy atom. The highest BCUT2D eigenvalue weighted by atomic mass is 16.7. The standard InChI is InChI=1S/C38H65N3O8/c1-12-41-22-25(2)21-38(7,46-11)34(49-35-32(43)29(39(8)9)20-26(3)48-35)27(4)33(44)37(5,6)36(45)47-24-30(41)31(42)18-19-40(10)23-28-16-14-13-15-17-28/h13-17,25-27,29-32,34-35,42-43H,12,18-24H2,1-11H3/t25-,26-,27+,29+,30+,31-,32-,34-,35+,38-/m1/s1. The molecule has 11 nitrogen and oxygen atoms in total. The average Bonchev–Trinajstić information content (AvgIpc) is 3.05. The number of carbonyl (C=O) groups excluding carboxylic acids is 2. The van der Waals surface area contributed by atoms with Gasteiger partial charge in [0.05, 0.1) is 30.0 Å². The van der Waals surface area contributed by atoms with Gasteiger partial charge in [-0.1, -0.05) is 51.1 Å². The number of methoxy groups -OCH3 is 1. The molecule has 0 amide bonds. The zero-order valence-corrected chi connectivity index (χ0v) is 31.9. The van der Waals surface area contributed by atoms with E-state index in [1.807, 2.05) is 65.0 Å². The number of ether oxygens (including phenoxy) is 4. The predicted octanol–water partition coefficient (Wildman–Crippen LogP) is 3.59. The van der Waals surface area contributed by atoms with Crippen molar-refractivity contribution in [3.8, 4) is 0 Å². The van der Waals surface area contributed by atoms with Crippen molar-refractivity contribution in [1.29, 1.82) is 0 Å². The minimum Gasteiger partial charge on any atom is -0.463 e. The Bertz CT molecular complexity index is 1180. The van der Waals surface area contributed by atoms with Crippen LogP contribution in [0.15, 0.2) is 30.3 Å². The molecule has 0 radical (unpaired) electrons. The van der Waals surface area contributed by atoms with Crippen molar-refractivity contribution in [2.75, 3.05) is 54.5 Å². The Kier molecular flexibility index (Phi) is 15.2. The first-order chi connectivity index (χ1) is 22.9. The lowest BCUT2D eigenvalue weighted by molar-refractivity contribution is -0.295. The zero-order chi connectivity index (χ0) is 36.7. The van der Waals surface area contributed by atoms with Crippen molar-refractivity contribution in [2.45, 2.75) is 123 Å². The van der Waals surface area contributed by atoms with E-state index in [2.05, 4.69) is 28.9 Å². The van der Waals surface area contributed by atoms with E-state index in [1.165, 1.54) is 5.56 Å². The van der Waals surface area contributed by atoms with Crippen LogP contribution in [0.2, 0.25) is 0 Å². The van der Waals surface area contributed by atoms with E-state index in [1.54, 1.807) is 27.9 Å². The number of rotatable bonds is 11. The van der Waals surface area contributed by atoms with E-state index < -0.39 is 53.5 Å². The highest BCUT2D eigenvalue weighted by Crippen LogP contribution is 2.38. The molecular formula is C38H65N3O8. The summed E-state index contributed by atoms with van der Waals surface area (Å²) in [5.41, 5.74) is -1.31. The molecule has 49 heavy (non-hydrogen) atoms. The molecule has 2 fully saturated rings. The van der Waals surface area contributed by atoms with E-state index in [0.29, 0.717) is 38.9 Å². The van der Waals surface area contributed by atoms with E-state index in [-0.39, 0.29) is 30.5 Å². The van der Waals surface area contributed by atoms with Crippen molar-refractivity contribution in [3.63, 3.8) is 0 Å². The summed E-state index contributed by atoms with van der Waals surface area (Å²) in [4.78, 5) is 34.3. The number of carbonyl (C=O) groups is 2. The summed E-state index contributed by atoms with van der Waals surface area (Å²) in [5.74, 6) is -1.79. The number of aliphatic hydroxyl groups is 2. The molecule has 2 heterocycles. The predicted molar refractivity (Wildman–Crippen MR) is 190 cm³/mol. The number of cyclic esters (lactones) is 1. The lowest BCUT2D eigenvalue weighted by Crippen LogP contribution is -2.59. The highest BCUT2D eigenvalue weighted by molar-refractivity contribution is 6.04. The van der Waals surface area contributed by atoms with Crippen LogP contribution >= 0.6 is 0 Å². The molecule has 1 aromatic rings. The molecule has 0 unspecified atom stereocenters. The molecule has 11 heteroatoms. The number of nitrogens with zero attached hydrogens (tertiary/aromatic N) is 3. The summed E-state index contributed by atoms with van der Waals surface area (Å²) in [6.45, 7) is 15.5. The maximum absolute atomic E-state index is 14.3. The van der Waals surface area contributed by atoms with Gasteiger partial charge < -0.3 is 39.0 Å². The number of likely N-dealkylation sites (N-methyl/N-ethyl adjacent to an activating group) is 2. The van der Waals surface area contributed by atoms with Crippen LogP contribution in [0.4, 0.5) is 0 Å². The number of hydrogen-bond acceptors (Lipinski definition) is 11. The SMILES string of the molecule is CCN1C[C@H](C)C[C@@](C)(OC)[C@H](O[C@@H]2O[C@H](C)C[C@H](N(C)C)[C@H]2O)[C@@H](C)C(=O)C(C)(C)C(=O)OC[C@H]1[C@H](O)CCN(C)Cc1ccccc1. The minimum absolute atomic E-state index is 0.0314. The second-order valence-corrected chi connectivity index (χ2v) is 15.6. The summed E-state index contributed by atoms with van der Waals surface area (Å²) in [5, 5.41) is 23.0. The van der Waals surface area contributed by atoms with Crippen LogP contribution < -0.4 is 0 Å². The van der Waals surface area contributed by atoms with Crippen LogP contribution in [-0.4, -0.2) is 140 Å². The van der Waals surface area contributed by atoms with Gasteiger partial charge in [-0.05, 0) is 86.1 Å². The molecule has 0 aromatic heterocycles. The molecule has 0 aliphatic carbocycles. The Hall–Kier alpha value is -1.96. The van der Waals surface area contributed by atoms with Gasteiger partial charge in [0.15, 0.2) is 12.1 Å². The number of esters is 1. The van der Waals surface area contributed by atoms with Crippen LogP contribution in [0, 0.1) is 17.3 Å².